The number of carboxylic acid groups (broad SMARTS) is 1. The first-order chi connectivity index (χ1) is 17.6. The fraction of sp³-hybridized carbons (Fsp3) is 0.214. The third-order valence-electron chi connectivity index (χ3n) is 6.80. The lowest BCUT2D eigenvalue weighted by molar-refractivity contribution is 0.0696. The molecule has 1 amide bonds. The van der Waals surface area contributed by atoms with Crippen LogP contribution in [0.4, 0.5) is 5.13 Å². The molecule has 0 atom stereocenters. The fourth-order valence-corrected chi connectivity index (χ4v) is 5.87. The van der Waals surface area contributed by atoms with Crippen LogP contribution in [-0.2, 0) is 0 Å². The molecule has 1 aliphatic carbocycles. The number of hydrogen-bond donors (Lipinski definition) is 2. The van der Waals surface area contributed by atoms with Crippen molar-refractivity contribution in [3.05, 3.63) is 77.9 Å². The Morgan fingerprint density at radius 1 is 0.889 bits per heavy atom. The van der Waals surface area contributed by atoms with Gasteiger partial charge in [-0.15, -0.1) is 0 Å². The van der Waals surface area contributed by atoms with Crippen LogP contribution in [0.2, 0.25) is 0 Å². The largest absolute Gasteiger partial charge is 0.478 e. The smallest absolute Gasteiger partial charge is 0.335 e. The monoisotopic (exact) mass is 496 g/mol. The Kier molecular flexibility index (Phi) is 5.73. The molecule has 8 heteroatoms. The number of amides is 1. The topological polar surface area (TPSA) is 97.1 Å². The van der Waals surface area contributed by atoms with Gasteiger partial charge in [-0.2, -0.15) is 0 Å². The normalized spacial score (nSPS) is 14.3. The number of anilines is 1. The van der Waals surface area contributed by atoms with E-state index in [1.54, 1.807) is 24.3 Å². The molecule has 2 heterocycles. The lowest BCUT2D eigenvalue weighted by atomic mass is 9.94. The summed E-state index contributed by atoms with van der Waals surface area (Å²) in [5.41, 5.74) is 4.13. The zero-order chi connectivity index (χ0) is 24.6. The molecule has 1 saturated carbocycles. The molecule has 0 aliphatic heterocycles. The maximum absolute atomic E-state index is 12.9. The highest BCUT2D eigenvalue weighted by molar-refractivity contribution is 7.22. The van der Waals surface area contributed by atoms with Crippen LogP contribution in [0.5, 0.6) is 0 Å². The van der Waals surface area contributed by atoms with Gasteiger partial charge in [-0.05, 0) is 55.3 Å². The van der Waals surface area contributed by atoms with Gasteiger partial charge in [0.2, 0.25) is 0 Å². The third kappa shape index (κ3) is 4.13. The van der Waals surface area contributed by atoms with Crippen LogP contribution in [0.1, 0.15) is 58.9 Å². The van der Waals surface area contributed by atoms with Crippen LogP contribution in [-0.4, -0.2) is 31.5 Å². The highest BCUT2D eigenvalue weighted by Crippen LogP contribution is 2.36. The summed E-state index contributed by atoms with van der Waals surface area (Å²) in [6, 6.07) is 20.7. The second-order valence-corrected chi connectivity index (χ2v) is 10.2. The van der Waals surface area contributed by atoms with Crippen LogP contribution in [0.25, 0.3) is 32.6 Å². The minimum atomic E-state index is -0.964. The first kappa shape index (κ1) is 22.4. The van der Waals surface area contributed by atoms with Crippen LogP contribution >= 0.6 is 11.3 Å². The molecule has 7 nitrogen and oxygen atoms in total. The number of thiazole rings is 1. The number of carbonyl (C=O) groups is 2. The van der Waals surface area contributed by atoms with E-state index in [0.29, 0.717) is 22.3 Å². The molecule has 5 aromatic rings. The van der Waals surface area contributed by atoms with Gasteiger partial charge in [-0.3, -0.25) is 10.1 Å². The van der Waals surface area contributed by atoms with Gasteiger partial charge in [0.05, 0.1) is 26.8 Å². The van der Waals surface area contributed by atoms with Crippen molar-refractivity contribution < 1.29 is 14.7 Å². The number of carbonyl (C=O) groups excluding carboxylic acids is 1. The van der Waals surface area contributed by atoms with Crippen molar-refractivity contribution in [1.29, 1.82) is 0 Å². The Balaban J connectivity index is 1.33. The standard InChI is InChI=1S/C28H24N4O3S/c33-26(31-28-30-21-8-4-5-9-24(21)36-28)18-12-10-17(11-13-18)25-29-22-16-19(27(34)35)14-15-23(22)32(25)20-6-2-1-3-7-20/h4-5,8-16,20H,1-3,6-7H2,(H,34,35)(H,30,31,33). The average Bonchev–Trinajstić information content (AvgIpc) is 3.49. The maximum atomic E-state index is 12.9. The molecular weight excluding hydrogens is 472 g/mol. The minimum Gasteiger partial charge on any atom is -0.478 e. The summed E-state index contributed by atoms with van der Waals surface area (Å²) in [4.78, 5) is 33.7. The van der Waals surface area contributed by atoms with Gasteiger partial charge in [-0.1, -0.05) is 54.9 Å². The average molecular weight is 497 g/mol. The summed E-state index contributed by atoms with van der Waals surface area (Å²) in [5.74, 6) is -0.376. The van der Waals surface area contributed by atoms with E-state index in [0.717, 1.165) is 40.0 Å². The molecule has 0 unspecified atom stereocenters. The number of hydrogen-bond acceptors (Lipinski definition) is 5. The quantitative estimate of drug-likeness (QED) is 0.280. The molecule has 0 radical (unpaired) electrons. The zero-order valence-electron chi connectivity index (χ0n) is 19.5. The minimum absolute atomic E-state index is 0.215. The van der Waals surface area contributed by atoms with Crippen LogP contribution in [0.15, 0.2) is 66.7 Å². The SMILES string of the molecule is O=C(O)c1ccc2c(c1)nc(-c1ccc(C(=O)Nc3nc4ccccc4s3)cc1)n2C1CCCCC1. The van der Waals surface area contributed by atoms with Gasteiger partial charge in [-0.25, -0.2) is 14.8 Å². The van der Waals surface area contributed by atoms with Gasteiger partial charge in [0.25, 0.3) is 5.91 Å². The van der Waals surface area contributed by atoms with Crippen molar-refractivity contribution in [2.45, 2.75) is 38.1 Å². The second kappa shape index (κ2) is 9.20. The first-order valence-electron chi connectivity index (χ1n) is 12.1. The fourth-order valence-electron chi connectivity index (χ4n) is 5.01. The third-order valence-corrected chi connectivity index (χ3v) is 7.75. The van der Waals surface area contributed by atoms with Crippen molar-refractivity contribution in [2.75, 3.05) is 5.32 Å². The Morgan fingerprint density at radius 3 is 2.39 bits per heavy atom. The number of nitrogens with zero attached hydrogens (tertiary/aromatic N) is 3. The Bertz CT molecular complexity index is 1560. The van der Waals surface area contributed by atoms with Crippen molar-refractivity contribution in [3.8, 4) is 11.4 Å². The highest BCUT2D eigenvalue weighted by Gasteiger charge is 2.23. The summed E-state index contributed by atoms with van der Waals surface area (Å²) in [6.45, 7) is 0. The van der Waals surface area contributed by atoms with E-state index in [9.17, 15) is 14.7 Å². The number of benzene rings is 3. The Morgan fingerprint density at radius 2 is 1.64 bits per heavy atom. The summed E-state index contributed by atoms with van der Waals surface area (Å²) in [6.07, 6.45) is 5.72. The van der Waals surface area contributed by atoms with Gasteiger partial charge < -0.3 is 9.67 Å². The van der Waals surface area contributed by atoms with Gasteiger partial charge in [0.1, 0.15) is 5.82 Å². The van der Waals surface area contributed by atoms with Crippen LogP contribution in [0.3, 0.4) is 0 Å². The first-order valence-corrected chi connectivity index (χ1v) is 12.9. The molecule has 36 heavy (non-hydrogen) atoms. The Hall–Kier alpha value is -4.04. The number of carboxylic acids is 1. The van der Waals surface area contributed by atoms with E-state index in [1.165, 1.54) is 30.6 Å². The molecule has 0 spiro atoms. The Labute approximate surface area is 211 Å². The predicted octanol–water partition coefficient (Wildman–Crippen LogP) is 6.77. The molecule has 2 N–H and O–H groups in total. The summed E-state index contributed by atoms with van der Waals surface area (Å²) in [5, 5.41) is 12.9. The molecule has 1 aliphatic rings. The van der Waals surface area contributed by atoms with Crippen molar-refractivity contribution in [2.24, 2.45) is 0 Å². The van der Waals surface area contributed by atoms with E-state index in [2.05, 4.69) is 14.9 Å². The van der Waals surface area contributed by atoms with Gasteiger partial charge in [0.15, 0.2) is 5.13 Å². The molecule has 6 rings (SSSR count). The highest BCUT2D eigenvalue weighted by atomic mass is 32.1. The molecule has 0 bridgehead atoms. The zero-order valence-corrected chi connectivity index (χ0v) is 20.3. The second-order valence-electron chi connectivity index (χ2n) is 9.12. The van der Waals surface area contributed by atoms with Crippen LogP contribution in [0, 0.1) is 0 Å². The lowest BCUT2D eigenvalue weighted by Gasteiger charge is -2.25. The van der Waals surface area contributed by atoms with E-state index in [-0.39, 0.29) is 11.5 Å². The summed E-state index contributed by atoms with van der Waals surface area (Å²) < 4.78 is 3.28. The molecule has 2 aromatic heterocycles. The van der Waals surface area contributed by atoms with E-state index >= 15 is 0 Å². The number of nitrogens with one attached hydrogen (secondary N) is 1. The number of rotatable bonds is 5. The molecular formula is C28H24N4O3S. The van der Waals surface area contributed by atoms with E-state index in [1.807, 2.05) is 42.5 Å². The number of fused-ring (bicyclic) bond motifs is 2. The van der Waals surface area contributed by atoms with Crippen molar-refractivity contribution >= 4 is 49.6 Å². The van der Waals surface area contributed by atoms with Crippen LogP contribution < -0.4 is 5.32 Å². The number of aromatic carboxylic acids is 1. The number of para-hydroxylation sites is 1. The van der Waals surface area contributed by atoms with Gasteiger partial charge in [0, 0.05) is 17.2 Å². The summed E-state index contributed by atoms with van der Waals surface area (Å²) in [7, 11) is 0. The molecule has 1 fully saturated rings. The predicted molar refractivity (Wildman–Crippen MR) is 142 cm³/mol. The van der Waals surface area contributed by atoms with Gasteiger partial charge >= 0.3 is 5.97 Å². The van der Waals surface area contributed by atoms with E-state index in [4.69, 9.17) is 4.98 Å². The maximum Gasteiger partial charge on any atom is 0.335 e. The van der Waals surface area contributed by atoms with E-state index < -0.39 is 5.97 Å². The lowest BCUT2D eigenvalue weighted by Crippen LogP contribution is -2.14. The molecule has 180 valence electrons. The molecule has 3 aromatic carbocycles. The molecule has 0 saturated heterocycles. The number of imidazole rings is 1. The van der Waals surface area contributed by atoms with Crippen molar-refractivity contribution in [1.82, 2.24) is 14.5 Å². The van der Waals surface area contributed by atoms with Crippen molar-refractivity contribution in [3.63, 3.8) is 0 Å². The summed E-state index contributed by atoms with van der Waals surface area (Å²) >= 11 is 1.45. The number of aromatic nitrogens is 3.